The molecular weight excluding hydrogens is 276 g/mol. The van der Waals surface area contributed by atoms with E-state index < -0.39 is 5.60 Å². The van der Waals surface area contributed by atoms with Gasteiger partial charge in [-0.05, 0) is 39.2 Å². The van der Waals surface area contributed by atoms with Crippen molar-refractivity contribution in [1.29, 1.82) is 0 Å². The number of hydrogen-bond acceptors (Lipinski definition) is 3. The summed E-state index contributed by atoms with van der Waals surface area (Å²) in [5, 5.41) is 0. The van der Waals surface area contributed by atoms with Crippen molar-refractivity contribution >= 4 is 6.09 Å². The van der Waals surface area contributed by atoms with Crippen molar-refractivity contribution in [2.45, 2.75) is 51.3 Å². The third-order valence-corrected chi connectivity index (χ3v) is 4.42. The summed E-state index contributed by atoms with van der Waals surface area (Å²) in [5.74, 6) is 0. The Kier molecular flexibility index (Phi) is 3.89. The van der Waals surface area contributed by atoms with Crippen LogP contribution < -0.4 is 0 Å². The second kappa shape index (κ2) is 5.58. The smallest absolute Gasteiger partial charge is 0.410 e. The van der Waals surface area contributed by atoms with Crippen LogP contribution in [0.2, 0.25) is 0 Å². The molecule has 0 unspecified atom stereocenters. The maximum absolute atomic E-state index is 12.4. The summed E-state index contributed by atoms with van der Waals surface area (Å²) in [6.07, 6.45) is 2.04. The average molecular weight is 302 g/mol. The first-order valence-corrected chi connectivity index (χ1v) is 8.15. The van der Waals surface area contributed by atoms with Crippen LogP contribution in [0.25, 0.3) is 0 Å². The first kappa shape index (κ1) is 15.3. The van der Waals surface area contributed by atoms with Crippen LogP contribution in [0.15, 0.2) is 30.3 Å². The van der Waals surface area contributed by atoms with E-state index in [1.54, 1.807) is 0 Å². The van der Waals surface area contributed by atoms with Crippen LogP contribution in [-0.2, 0) is 11.3 Å². The predicted octanol–water partition coefficient (Wildman–Crippen LogP) is 3.27. The van der Waals surface area contributed by atoms with E-state index in [1.807, 2.05) is 31.7 Å². The number of carbonyl (C=O) groups excluding carboxylic acids is 1. The third-order valence-electron chi connectivity index (χ3n) is 4.42. The Morgan fingerprint density at radius 2 is 1.86 bits per heavy atom. The highest BCUT2D eigenvalue weighted by atomic mass is 16.6. The van der Waals surface area contributed by atoms with Crippen molar-refractivity contribution in [2.24, 2.45) is 0 Å². The largest absolute Gasteiger partial charge is 0.444 e. The number of nitrogens with zero attached hydrogens (tertiary/aromatic N) is 2. The number of benzene rings is 1. The number of piperazine rings is 1. The summed E-state index contributed by atoms with van der Waals surface area (Å²) in [6, 6.07) is 10.5. The SMILES string of the molecule is CC(C)(C)OC(=O)N1CCN(Cc2ccccc2)CC12CC2. The fraction of sp³-hybridized carbons (Fsp3) is 0.611. The molecular formula is C18H26N2O2. The van der Waals surface area contributed by atoms with E-state index in [4.69, 9.17) is 4.74 Å². The summed E-state index contributed by atoms with van der Waals surface area (Å²) >= 11 is 0. The van der Waals surface area contributed by atoms with Crippen LogP contribution >= 0.6 is 0 Å². The molecule has 1 saturated heterocycles. The van der Waals surface area contributed by atoms with E-state index in [1.165, 1.54) is 5.56 Å². The molecule has 2 fully saturated rings. The zero-order valence-corrected chi connectivity index (χ0v) is 13.8. The monoisotopic (exact) mass is 302 g/mol. The van der Waals surface area contributed by atoms with E-state index in [0.717, 1.165) is 39.0 Å². The molecule has 1 aromatic rings. The van der Waals surface area contributed by atoms with Gasteiger partial charge in [0.15, 0.2) is 0 Å². The summed E-state index contributed by atoms with van der Waals surface area (Å²) in [6.45, 7) is 9.38. The van der Waals surface area contributed by atoms with E-state index in [9.17, 15) is 4.79 Å². The summed E-state index contributed by atoms with van der Waals surface area (Å²) in [4.78, 5) is 16.9. The van der Waals surface area contributed by atoms with E-state index in [0.29, 0.717) is 0 Å². The molecule has 1 aromatic carbocycles. The molecule has 120 valence electrons. The second-order valence-corrected chi connectivity index (χ2v) is 7.55. The molecule has 1 heterocycles. The van der Waals surface area contributed by atoms with E-state index >= 15 is 0 Å². The minimum Gasteiger partial charge on any atom is -0.444 e. The Morgan fingerprint density at radius 1 is 1.18 bits per heavy atom. The summed E-state index contributed by atoms with van der Waals surface area (Å²) < 4.78 is 5.57. The quantitative estimate of drug-likeness (QED) is 0.840. The second-order valence-electron chi connectivity index (χ2n) is 7.55. The molecule has 2 aliphatic rings. The van der Waals surface area contributed by atoms with Crippen molar-refractivity contribution in [1.82, 2.24) is 9.80 Å². The molecule has 1 aliphatic carbocycles. The standard InChI is InChI=1S/C18H26N2O2/c1-17(2,3)22-16(21)20-12-11-19(14-18(20)9-10-18)13-15-7-5-4-6-8-15/h4-8H,9-14H2,1-3H3. The zero-order valence-electron chi connectivity index (χ0n) is 13.8. The van der Waals surface area contributed by atoms with Gasteiger partial charge in [-0.2, -0.15) is 0 Å². The van der Waals surface area contributed by atoms with Gasteiger partial charge < -0.3 is 4.74 Å². The zero-order chi connectivity index (χ0) is 15.8. The molecule has 0 atom stereocenters. The predicted molar refractivity (Wildman–Crippen MR) is 86.6 cm³/mol. The number of ether oxygens (including phenoxy) is 1. The molecule has 1 aliphatic heterocycles. The highest BCUT2D eigenvalue weighted by Gasteiger charge is 2.54. The lowest BCUT2D eigenvalue weighted by molar-refractivity contribution is -0.00808. The normalized spacial score (nSPS) is 21.0. The Morgan fingerprint density at radius 3 is 2.45 bits per heavy atom. The van der Waals surface area contributed by atoms with Crippen molar-refractivity contribution in [2.75, 3.05) is 19.6 Å². The lowest BCUT2D eigenvalue weighted by atomic mass is 10.1. The Balaban J connectivity index is 1.62. The Bertz CT molecular complexity index is 532. The van der Waals surface area contributed by atoms with Gasteiger partial charge in [0.25, 0.3) is 0 Å². The molecule has 22 heavy (non-hydrogen) atoms. The molecule has 0 N–H and O–H groups in total. The van der Waals surface area contributed by atoms with Crippen molar-refractivity contribution in [3.8, 4) is 0 Å². The third kappa shape index (κ3) is 3.43. The lowest BCUT2D eigenvalue weighted by Crippen LogP contribution is -2.57. The van der Waals surface area contributed by atoms with Gasteiger partial charge in [-0.25, -0.2) is 4.79 Å². The van der Waals surface area contributed by atoms with Crippen LogP contribution in [0.4, 0.5) is 4.79 Å². The minimum absolute atomic E-state index is 0.0232. The molecule has 1 saturated carbocycles. The van der Waals surface area contributed by atoms with Gasteiger partial charge in [-0.15, -0.1) is 0 Å². The molecule has 3 rings (SSSR count). The van der Waals surface area contributed by atoms with Gasteiger partial charge in [0.1, 0.15) is 5.60 Å². The Labute approximate surface area is 133 Å². The topological polar surface area (TPSA) is 32.8 Å². The number of amides is 1. The first-order chi connectivity index (χ1) is 10.4. The molecule has 0 aromatic heterocycles. The van der Waals surface area contributed by atoms with Gasteiger partial charge in [0, 0.05) is 26.2 Å². The molecule has 0 radical (unpaired) electrons. The van der Waals surface area contributed by atoms with Crippen LogP contribution in [0.1, 0.15) is 39.2 Å². The van der Waals surface area contributed by atoms with Gasteiger partial charge >= 0.3 is 6.09 Å². The van der Waals surface area contributed by atoms with E-state index in [2.05, 4.69) is 29.2 Å². The minimum atomic E-state index is -0.422. The maximum Gasteiger partial charge on any atom is 0.410 e. The number of hydrogen-bond donors (Lipinski definition) is 0. The van der Waals surface area contributed by atoms with E-state index in [-0.39, 0.29) is 11.6 Å². The van der Waals surface area contributed by atoms with Gasteiger partial charge in [0.2, 0.25) is 0 Å². The van der Waals surface area contributed by atoms with Gasteiger partial charge in [-0.1, -0.05) is 30.3 Å². The highest BCUT2D eigenvalue weighted by molar-refractivity contribution is 5.70. The Hall–Kier alpha value is -1.55. The van der Waals surface area contributed by atoms with Crippen LogP contribution in [0, 0.1) is 0 Å². The average Bonchev–Trinajstić information content (AvgIpc) is 3.17. The first-order valence-electron chi connectivity index (χ1n) is 8.15. The van der Waals surface area contributed by atoms with Gasteiger partial charge in [0.05, 0.1) is 5.54 Å². The van der Waals surface area contributed by atoms with Crippen molar-refractivity contribution in [3.63, 3.8) is 0 Å². The maximum atomic E-state index is 12.4. The molecule has 4 nitrogen and oxygen atoms in total. The van der Waals surface area contributed by atoms with Gasteiger partial charge in [-0.3, -0.25) is 9.80 Å². The summed E-state index contributed by atoms with van der Waals surface area (Å²) in [7, 11) is 0. The molecule has 1 spiro atoms. The highest BCUT2D eigenvalue weighted by Crippen LogP contribution is 2.45. The number of carbonyl (C=O) groups is 1. The van der Waals surface area contributed by atoms with Crippen molar-refractivity contribution in [3.05, 3.63) is 35.9 Å². The van der Waals surface area contributed by atoms with Crippen molar-refractivity contribution < 1.29 is 9.53 Å². The molecule has 1 amide bonds. The number of rotatable bonds is 2. The fourth-order valence-electron chi connectivity index (χ4n) is 3.21. The fourth-order valence-corrected chi connectivity index (χ4v) is 3.21. The lowest BCUT2D eigenvalue weighted by Gasteiger charge is -2.42. The molecule has 4 heteroatoms. The molecule has 0 bridgehead atoms. The van der Waals surface area contributed by atoms with Crippen LogP contribution in [0.5, 0.6) is 0 Å². The summed E-state index contributed by atoms with van der Waals surface area (Å²) in [5.41, 5.74) is 0.938. The van der Waals surface area contributed by atoms with Crippen LogP contribution in [-0.4, -0.2) is 46.7 Å². The van der Waals surface area contributed by atoms with Crippen LogP contribution in [0.3, 0.4) is 0 Å².